The van der Waals surface area contributed by atoms with Crippen LogP contribution in [-0.2, 0) is 16.1 Å². The summed E-state index contributed by atoms with van der Waals surface area (Å²) in [5.41, 5.74) is 2.25. The number of aryl methyl sites for hydroxylation is 1. The van der Waals surface area contributed by atoms with E-state index < -0.39 is 0 Å². The monoisotopic (exact) mass is 371 g/mol. The Hall–Kier alpha value is -2.34. The zero-order valence-electron chi connectivity index (χ0n) is 16.5. The molecule has 1 aromatic heterocycles. The van der Waals surface area contributed by atoms with Gasteiger partial charge >= 0.3 is 0 Å². The third kappa shape index (κ3) is 4.69. The first-order chi connectivity index (χ1) is 13.1. The number of carbonyl (C=O) groups is 1. The highest BCUT2D eigenvalue weighted by Gasteiger charge is 2.27. The Bertz CT molecular complexity index is 772. The molecule has 1 fully saturated rings. The normalized spacial score (nSPS) is 17.1. The zero-order valence-corrected chi connectivity index (χ0v) is 16.5. The maximum absolute atomic E-state index is 12.7. The van der Waals surface area contributed by atoms with Crippen molar-refractivity contribution in [1.29, 1.82) is 0 Å². The van der Waals surface area contributed by atoms with Crippen molar-refractivity contribution in [2.45, 2.75) is 39.2 Å². The second-order valence-electron chi connectivity index (χ2n) is 7.14. The SMILES string of the molecule is COCCn1ccnc1C1CCCN(C(=O)COc2cccc(C)c2C)C1. The van der Waals surface area contributed by atoms with Crippen LogP contribution in [0.25, 0.3) is 0 Å². The number of imidazole rings is 1. The van der Waals surface area contributed by atoms with Crippen LogP contribution in [0.1, 0.15) is 35.7 Å². The van der Waals surface area contributed by atoms with Crippen molar-refractivity contribution in [2.24, 2.45) is 0 Å². The molecule has 0 saturated carbocycles. The average molecular weight is 371 g/mol. The molecular weight excluding hydrogens is 342 g/mol. The molecule has 1 amide bonds. The van der Waals surface area contributed by atoms with Crippen molar-refractivity contribution in [3.05, 3.63) is 47.5 Å². The summed E-state index contributed by atoms with van der Waals surface area (Å²) in [5.74, 6) is 2.12. The van der Waals surface area contributed by atoms with Gasteiger partial charge in [-0.05, 0) is 43.9 Å². The largest absolute Gasteiger partial charge is 0.483 e. The first kappa shape index (κ1) is 19.4. The highest BCUT2D eigenvalue weighted by Crippen LogP contribution is 2.26. The second-order valence-corrected chi connectivity index (χ2v) is 7.14. The Kier molecular flexibility index (Phi) is 6.50. The topological polar surface area (TPSA) is 56.6 Å². The summed E-state index contributed by atoms with van der Waals surface area (Å²) in [7, 11) is 1.70. The molecule has 1 saturated heterocycles. The fraction of sp³-hybridized carbons (Fsp3) is 0.524. The molecule has 146 valence electrons. The molecule has 1 atom stereocenters. The summed E-state index contributed by atoms with van der Waals surface area (Å²) >= 11 is 0. The van der Waals surface area contributed by atoms with E-state index >= 15 is 0 Å². The molecule has 2 aromatic rings. The van der Waals surface area contributed by atoms with Gasteiger partial charge in [-0.2, -0.15) is 0 Å². The van der Waals surface area contributed by atoms with E-state index in [9.17, 15) is 4.79 Å². The van der Waals surface area contributed by atoms with E-state index in [1.165, 1.54) is 5.56 Å². The number of amides is 1. The number of hydrogen-bond donors (Lipinski definition) is 0. The Balaban J connectivity index is 1.60. The summed E-state index contributed by atoms with van der Waals surface area (Å²) < 4.78 is 13.1. The number of piperidine rings is 1. The summed E-state index contributed by atoms with van der Waals surface area (Å²) in [6.07, 6.45) is 5.84. The van der Waals surface area contributed by atoms with Gasteiger partial charge in [-0.15, -0.1) is 0 Å². The molecule has 1 aliphatic heterocycles. The standard InChI is InChI=1S/C21H29N3O3/c1-16-6-4-8-19(17(16)2)27-15-20(25)24-10-5-7-18(14-24)21-22-9-11-23(21)12-13-26-3/h4,6,8-9,11,18H,5,7,10,12-15H2,1-3H3. The lowest BCUT2D eigenvalue weighted by Crippen LogP contribution is -2.42. The van der Waals surface area contributed by atoms with Crippen LogP contribution in [-0.4, -0.2) is 53.8 Å². The molecule has 0 N–H and O–H groups in total. The van der Waals surface area contributed by atoms with E-state index in [4.69, 9.17) is 9.47 Å². The van der Waals surface area contributed by atoms with Crippen molar-refractivity contribution in [3.63, 3.8) is 0 Å². The van der Waals surface area contributed by atoms with E-state index in [2.05, 4.69) is 9.55 Å². The number of methoxy groups -OCH3 is 1. The van der Waals surface area contributed by atoms with Crippen molar-refractivity contribution in [1.82, 2.24) is 14.5 Å². The minimum Gasteiger partial charge on any atom is -0.483 e. The summed E-state index contributed by atoms with van der Waals surface area (Å²) in [4.78, 5) is 19.1. The van der Waals surface area contributed by atoms with Crippen LogP contribution in [0, 0.1) is 13.8 Å². The van der Waals surface area contributed by atoms with Crippen LogP contribution in [0.2, 0.25) is 0 Å². The maximum Gasteiger partial charge on any atom is 0.260 e. The van der Waals surface area contributed by atoms with E-state index in [0.29, 0.717) is 13.2 Å². The Labute approximate surface area is 161 Å². The molecule has 6 heteroatoms. The summed E-state index contributed by atoms with van der Waals surface area (Å²) in [6, 6.07) is 5.92. The van der Waals surface area contributed by atoms with Gasteiger partial charge in [0.25, 0.3) is 5.91 Å². The Morgan fingerprint density at radius 1 is 1.33 bits per heavy atom. The predicted octanol–water partition coefficient (Wildman–Crippen LogP) is 2.93. The minimum absolute atomic E-state index is 0.0376. The van der Waals surface area contributed by atoms with Crippen molar-refractivity contribution in [3.8, 4) is 5.75 Å². The summed E-state index contributed by atoms with van der Waals surface area (Å²) in [5, 5.41) is 0. The number of rotatable bonds is 7. The molecule has 1 aliphatic rings. The minimum atomic E-state index is 0.0376. The molecule has 1 aromatic carbocycles. The van der Waals surface area contributed by atoms with E-state index in [0.717, 1.165) is 43.1 Å². The molecule has 6 nitrogen and oxygen atoms in total. The first-order valence-electron chi connectivity index (χ1n) is 9.57. The van der Waals surface area contributed by atoms with Gasteiger partial charge in [0, 0.05) is 45.1 Å². The molecule has 0 spiro atoms. The van der Waals surface area contributed by atoms with E-state index in [-0.39, 0.29) is 18.4 Å². The molecule has 3 rings (SSSR count). The third-order valence-corrected chi connectivity index (χ3v) is 5.33. The molecule has 2 heterocycles. The van der Waals surface area contributed by atoms with Gasteiger partial charge in [0.15, 0.2) is 6.61 Å². The van der Waals surface area contributed by atoms with Crippen LogP contribution in [0.4, 0.5) is 0 Å². The van der Waals surface area contributed by atoms with Crippen LogP contribution in [0.3, 0.4) is 0 Å². The lowest BCUT2D eigenvalue weighted by atomic mass is 9.97. The summed E-state index contributed by atoms with van der Waals surface area (Å²) in [6.45, 7) is 7.06. The van der Waals surface area contributed by atoms with Gasteiger partial charge in [0.2, 0.25) is 0 Å². The number of likely N-dealkylation sites (tertiary alicyclic amines) is 1. The zero-order chi connectivity index (χ0) is 19.2. The van der Waals surface area contributed by atoms with Crippen LogP contribution in [0.5, 0.6) is 5.75 Å². The number of aromatic nitrogens is 2. The lowest BCUT2D eigenvalue weighted by Gasteiger charge is -2.32. The smallest absolute Gasteiger partial charge is 0.260 e. The van der Waals surface area contributed by atoms with E-state index in [1.54, 1.807) is 7.11 Å². The van der Waals surface area contributed by atoms with Crippen LogP contribution in [0.15, 0.2) is 30.6 Å². The van der Waals surface area contributed by atoms with Crippen LogP contribution < -0.4 is 4.74 Å². The Morgan fingerprint density at radius 3 is 3.00 bits per heavy atom. The third-order valence-electron chi connectivity index (χ3n) is 5.33. The van der Waals surface area contributed by atoms with Crippen molar-refractivity contribution in [2.75, 3.05) is 33.4 Å². The molecule has 0 radical (unpaired) electrons. The number of ether oxygens (including phenoxy) is 2. The van der Waals surface area contributed by atoms with Gasteiger partial charge in [-0.3, -0.25) is 4.79 Å². The van der Waals surface area contributed by atoms with Crippen molar-refractivity contribution < 1.29 is 14.3 Å². The van der Waals surface area contributed by atoms with Crippen LogP contribution >= 0.6 is 0 Å². The number of benzene rings is 1. The van der Waals surface area contributed by atoms with Gasteiger partial charge in [0.1, 0.15) is 11.6 Å². The fourth-order valence-electron chi connectivity index (χ4n) is 3.59. The van der Waals surface area contributed by atoms with E-state index in [1.807, 2.05) is 49.3 Å². The Morgan fingerprint density at radius 2 is 2.19 bits per heavy atom. The molecule has 27 heavy (non-hydrogen) atoms. The predicted molar refractivity (Wildman–Crippen MR) is 104 cm³/mol. The quantitative estimate of drug-likeness (QED) is 0.751. The molecule has 0 aliphatic carbocycles. The first-order valence-corrected chi connectivity index (χ1v) is 9.57. The maximum atomic E-state index is 12.7. The number of carbonyl (C=O) groups excluding carboxylic acids is 1. The van der Waals surface area contributed by atoms with Gasteiger partial charge in [-0.1, -0.05) is 12.1 Å². The lowest BCUT2D eigenvalue weighted by molar-refractivity contribution is -0.134. The highest BCUT2D eigenvalue weighted by atomic mass is 16.5. The van der Waals surface area contributed by atoms with Gasteiger partial charge in [0.05, 0.1) is 6.61 Å². The number of hydrogen-bond acceptors (Lipinski definition) is 4. The fourth-order valence-corrected chi connectivity index (χ4v) is 3.59. The van der Waals surface area contributed by atoms with Gasteiger partial charge in [-0.25, -0.2) is 4.98 Å². The molecule has 1 unspecified atom stereocenters. The molecule has 0 bridgehead atoms. The highest BCUT2D eigenvalue weighted by molar-refractivity contribution is 5.78. The number of nitrogens with zero attached hydrogens (tertiary/aromatic N) is 3. The van der Waals surface area contributed by atoms with Gasteiger partial charge < -0.3 is 18.9 Å². The second kappa shape index (κ2) is 9.04. The molecular formula is C21H29N3O3. The van der Waals surface area contributed by atoms with Crippen molar-refractivity contribution >= 4 is 5.91 Å². The average Bonchev–Trinajstić information content (AvgIpc) is 3.16.